The van der Waals surface area contributed by atoms with Crippen molar-refractivity contribution in [3.63, 3.8) is 0 Å². The Hall–Kier alpha value is -0.530. The monoisotopic (exact) mass is 315 g/mol. The van der Waals surface area contributed by atoms with E-state index in [-0.39, 0.29) is 17.8 Å². The van der Waals surface area contributed by atoms with Crippen LogP contribution in [-0.4, -0.2) is 48.9 Å². The van der Waals surface area contributed by atoms with Gasteiger partial charge in [0.2, 0.25) is 0 Å². The van der Waals surface area contributed by atoms with Gasteiger partial charge >= 0.3 is 0 Å². The molecule has 0 radical (unpaired) electrons. The van der Waals surface area contributed by atoms with Gasteiger partial charge in [0.25, 0.3) is 0 Å². The number of carbonyl (C=O) groups is 1. The highest BCUT2D eigenvalue weighted by Crippen LogP contribution is 2.26. The molecule has 2 aliphatic rings. The predicted octanol–water partition coefficient (Wildman–Crippen LogP) is -0.641. The van der Waals surface area contributed by atoms with E-state index in [1.54, 1.807) is 0 Å². The van der Waals surface area contributed by atoms with Gasteiger partial charge < -0.3 is 14.8 Å². The average Bonchev–Trinajstić information content (AvgIpc) is 2.50. The van der Waals surface area contributed by atoms with Gasteiger partial charge in [-0.2, -0.15) is 0 Å². The standard InChI is InChI=1S/C16H30N2O4/c1-3-22-16-8-7-13(10-14(16)18(20)21)15(19)11-17-9-5-4-6-12(17)2/h12-14,16,18,20H,3-11H2,1-2H3/p+1. The fraction of sp³-hybridized carbons (Fsp3) is 0.938. The number of Topliss-reactive ketones (excluding diaryl/α,β-unsaturated/α-hetero) is 1. The van der Waals surface area contributed by atoms with Crippen molar-refractivity contribution in [3.05, 3.63) is 5.21 Å². The zero-order valence-electron chi connectivity index (χ0n) is 13.8. The van der Waals surface area contributed by atoms with Crippen LogP contribution in [0.2, 0.25) is 0 Å². The van der Waals surface area contributed by atoms with Crippen LogP contribution in [0.3, 0.4) is 0 Å². The number of hydrogen-bond donors (Lipinski definition) is 3. The van der Waals surface area contributed by atoms with Crippen molar-refractivity contribution in [2.24, 2.45) is 5.92 Å². The van der Waals surface area contributed by atoms with E-state index in [9.17, 15) is 15.2 Å². The molecule has 2 rings (SSSR count). The summed E-state index contributed by atoms with van der Waals surface area (Å²) in [7, 11) is 0. The first-order valence-electron chi connectivity index (χ1n) is 8.74. The van der Waals surface area contributed by atoms with Gasteiger partial charge in [0.05, 0.1) is 12.6 Å². The Morgan fingerprint density at radius 1 is 1.36 bits per heavy atom. The molecule has 1 aliphatic carbocycles. The zero-order valence-corrected chi connectivity index (χ0v) is 13.8. The van der Waals surface area contributed by atoms with Gasteiger partial charge in [0.15, 0.2) is 5.78 Å². The lowest BCUT2D eigenvalue weighted by Gasteiger charge is -2.38. The highest BCUT2D eigenvalue weighted by atomic mass is 16.8. The molecule has 22 heavy (non-hydrogen) atoms. The lowest BCUT2D eigenvalue weighted by Crippen LogP contribution is -3.17. The number of hydrogen-bond acceptors (Lipinski definition) is 4. The molecule has 1 saturated heterocycles. The molecule has 128 valence electrons. The number of hydroxylamine groups is 2. The second kappa shape index (κ2) is 8.36. The van der Waals surface area contributed by atoms with E-state index in [2.05, 4.69) is 6.92 Å². The van der Waals surface area contributed by atoms with E-state index in [0.29, 0.717) is 32.0 Å². The second-order valence-corrected chi connectivity index (χ2v) is 6.90. The van der Waals surface area contributed by atoms with Crippen LogP contribution < -0.4 is 10.1 Å². The van der Waals surface area contributed by atoms with E-state index in [0.717, 1.165) is 13.0 Å². The fourth-order valence-corrected chi connectivity index (χ4v) is 3.99. The van der Waals surface area contributed by atoms with Crippen molar-refractivity contribution in [1.29, 1.82) is 0 Å². The number of likely N-dealkylation sites (tertiary alicyclic amines) is 1. The number of ketones is 1. The van der Waals surface area contributed by atoms with E-state index >= 15 is 0 Å². The van der Waals surface area contributed by atoms with Crippen molar-refractivity contribution in [2.45, 2.75) is 70.6 Å². The first kappa shape index (κ1) is 17.8. The lowest BCUT2D eigenvalue weighted by molar-refractivity contribution is -1.07. The van der Waals surface area contributed by atoms with Crippen LogP contribution in [0.25, 0.3) is 0 Å². The Balaban J connectivity index is 1.90. The maximum atomic E-state index is 12.6. The van der Waals surface area contributed by atoms with E-state index in [4.69, 9.17) is 4.74 Å². The van der Waals surface area contributed by atoms with Crippen LogP contribution in [0.1, 0.15) is 52.4 Å². The molecule has 0 aromatic heterocycles. The molecule has 0 aromatic rings. The number of nitrogens with one attached hydrogen (secondary N) is 2. The average molecular weight is 315 g/mol. The molecule has 1 aliphatic heterocycles. The molecule has 6 unspecified atom stereocenters. The number of carbonyl (C=O) groups excluding carboxylic acids is 1. The number of piperidine rings is 1. The van der Waals surface area contributed by atoms with E-state index < -0.39 is 11.3 Å². The van der Waals surface area contributed by atoms with Crippen molar-refractivity contribution in [2.75, 3.05) is 19.7 Å². The predicted molar refractivity (Wildman–Crippen MR) is 81.7 cm³/mol. The molecule has 0 bridgehead atoms. The quantitative estimate of drug-likeness (QED) is 0.570. The molecule has 6 heteroatoms. The molecule has 3 N–H and O–H groups in total. The van der Waals surface area contributed by atoms with Crippen molar-refractivity contribution in [1.82, 2.24) is 0 Å². The Kier molecular flexibility index (Phi) is 6.77. The molecule has 2 fully saturated rings. The summed E-state index contributed by atoms with van der Waals surface area (Å²) in [5.74, 6) is 0.157. The van der Waals surface area contributed by atoms with Crippen LogP contribution in [0, 0.1) is 11.1 Å². The number of ether oxygens (including phenoxy) is 1. The van der Waals surface area contributed by atoms with Crippen molar-refractivity contribution < 1.29 is 24.9 Å². The van der Waals surface area contributed by atoms with Gasteiger partial charge in [0.1, 0.15) is 18.7 Å². The smallest absolute Gasteiger partial charge is 0.190 e. The summed E-state index contributed by atoms with van der Waals surface area (Å²) in [6.07, 6.45) is 5.33. The summed E-state index contributed by atoms with van der Waals surface area (Å²) < 4.78 is 5.55. The SMILES string of the molecule is CCOC1CCC(C(=O)C[NH+]2CCCCC2C)CC1[NH+]([O-])O. The molecule has 0 amide bonds. The summed E-state index contributed by atoms with van der Waals surface area (Å²) >= 11 is 0. The normalized spacial score (nSPS) is 37.7. The van der Waals surface area contributed by atoms with Gasteiger partial charge in [-0.15, -0.1) is 0 Å². The molecule has 6 nitrogen and oxygen atoms in total. The zero-order chi connectivity index (χ0) is 16.1. The topological polar surface area (TPSA) is 78.5 Å². The van der Waals surface area contributed by atoms with Crippen LogP contribution in [0.4, 0.5) is 0 Å². The first-order valence-corrected chi connectivity index (χ1v) is 8.74. The Labute approximate surface area is 132 Å². The molecule has 0 aromatic carbocycles. The van der Waals surface area contributed by atoms with Crippen LogP contribution in [0.15, 0.2) is 0 Å². The first-order chi connectivity index (χ1) is 10.5. The maximum Gasteiger partial charge on any atom is 0.190 e. The largest absolute Gasteiger partial charge is 0.600 e. The summed E-state index contributed by atoms with van der Waals surface area (Å²) in [5, 5.41) is 20.0. The maximum absolute atomic E-state index is 12.6. The highest BCUT2D eigenvalue weighted by Gasteiger charge is 2.39. The van der Waals surface area contributed by atoms with Gasteiger partial charge in [-0.1, -0.05) is 0 Å². The number of rotatable bonds is 6. The van der Waals surface area contributed by atoms with Gasteiger partial charge in [-0.25, -0.2) is 10.4 Å². The minimum atomic E-state index is -0.824. The third kappa shape index (κ3) is 4.49. The Morgan fingerprint density at radius 2 is 2.14 bits per heavy atom. The van der Waals surface area contributed by atoms with Crippen molar-refractivity contribution >= 4 is 5.78 Å². The second-order valence-electron chi connectivity index (χ2n) is 6.90. The number of quaternary nitrogens is 2. The third-order valence-corrected chi connectivity index (χ3v) is 5.42. The molecular weight excluding hydrogens is 284 g/mol. The van der Waals surface area contributed by atoms with E-state index in [1.165, 1.54) is 24.2 Å². The summed E-state index contributed by atoms with van der Waals surface area (Å²) in [6.45, 7) is 6.27. The third-order valence-electron chi connectivity index (χ3n) is 5.42. The molecule has 1 heterocycles. The van der Waals surface area contributed by atoms with Crippen LogP contribution in [0.5, 0.6) is 0 Å². The molecule has 1 saturated carbocycles. The van der Waals surface area contributed by atoms with Crippen LogP contribution >= 0.6 is 0 Å². The highest BCUT2D eigenvalue weighted by molar-refractivity contribution is 5.82. The summed E-state index contributed by atoms with van der Waals surface area (Å²) in [5.41, 5.74) is 0. The molecule has 6 atom stereocenters. The van der Waals surface area contributed by atoms with Crippen molar-refractivity contribution in [3.8, 4) is 0 Å². The minimum absolute atomic E-state index is 0.0977. The van der Waals surface area contributed by atoms with Crippen LogP contribution in [-0.2, 0) is 9.53 Å². The Bertz CT molecular complexity index is 364. The fourth-order valence-electron chi connectivity index (χ4n) is 3.99. The van der Waals surface area contributed by atoms with E-state index in [1.807, 2.05) is 6.92 Å². The molecule has 0 spiro atoms. The minimum Gasteiger partial charge on any atom is -0.600 e. The van der Waals surface area contributed by atoms with Gasteiger partial charge in [-0.3, -0.25) is 4.79 Å². The summed E-state index contributed by atoms with van der Waals surface area (Å²) in [6, 6.07) is 0.0177. The lowest BCUT2D eigenvalue weighted by atomic mass is 9.81. The van der Waals surface area contributed by atoms with Gasteiger partial charge in [-0.05, 0) is 46.0 Å². The summed E-state index contributed by atoms with van der Waals surface area (Å²) in [4.78, 5) is 14.0. The molecular formula is C16H31N2O4+. The Morgan fingerprint density at radius 3 is 2.77 bits per heavy atom. The van der Waals surface area contributed by atoms with Gasteiger partial charge in [0, 0.05) is 18.9 Å².